The van der Waals surface area contributed by atoms with Crippen molar-refractivity contribution in [3.8, 4) is 5.75 Å². The normalized spacial score (nSPS) is 11.2. The lowest BCUT2D eigenvalue weighted by atomic mass is 10.1. The summed E-state index contributed by atoms with van der Waals surface area (Å²) >= 11 is 4.22. The van der Waals surface area contributed by atoms with Crippen molar-refractivity contribution in [3.63, 3.8) is 0 Å². The van der Waals surface area contributed by atoms with Crippen LogP contribution in [0.1, 0.15) is 11.1 Å². The van der Waals surface area contributed by atoms with Crippen molar-refractivity contribution >= 4 is 68.2 Å². The number of phenols is 1. The van der Waals surface area contributed by atoms with E-state index in [4.69, 9.17) is 0 Å². The van der Waals surface area contributed by atoms with Crippen LogP contribution in [0.3, 0.4) is 0 Å². The van der Waals surface area contributed by atoms with Crippen LogP contribution in [0.2, 0.25) is 0 Å². The van der Waals surface area contributed by atoms with Gasteiger partial charge in [0, 0.05) is 26.2 Å². The molecule has 0 atom stereocenters. The fourth-order valence-electron chi connectivity index (χ4n) is 2.35. The van der Waals surface area contributed by atoms with Crippen LogP contribution >= 0.6 is 45.2 Å². The third-order valence-electron chi connectivity index (χ3n) is 3.48. The SMILES string of the molecule is O=C(Cc1c[nH]c2ccccc12)NN=Cc1cc(I)cc(I)c1O. The maximum absolute atomic E-state index is 12.1. The molecule has 0 aliphatic rings. The van der Waals surface area contributed by atoms with Crippen LogP contribution in [0.15, 0.2) is 47.7 Å². The lowest BCUT2D eigenvalue weighted by Crippen LogP contribution is -2.19. The molecule has 3 rings (SSSR count). The zero-order valence-electron chi connectivity index (χ0n) is 12.4. The molecule has 0 aliphatic carbocycles. The van der Waals surface area contributed by atoms with Gasteiger partial charge in [0.2, 0.25) is 5.91 Å². The Morgan fingerprint density at radius 1 is 1.29 bits per heavy atom. The van der Waals surface area contributed by atoms with Gasteiger partial charge in [-0.1, -0.05) is 18.2 Å². The maximum atomic E-state index is 12.1. The number of benzene rings is 2. The first-order valence-corrected chi connectivity index (χ1v) is 9.25. The molecule has 7 heteroatoms. The number of hydrazone groups is 1. The Morgan fingerprint density at radius 3 is 2.92 bits per heavy atom. The Morgan fingerprint density at radius 2 is 2.08 bits per heavy atom. The summed E-state index contributed by atoms with van der Waals surface area (Å²) in [7, 11) is 0. The summed E-state index contributed by atoms with van der Waals surface area (Å²) in [6.45, 7) is 0. The van der Waals surface area contributed by atoms with E-state index in [9.17, 15) is 9.90 Å². The van der Waals surface area contributed by atoms with Gasteiger partial charge in [0.05, 0.1) is 16.2 Å². The number of carbonyl (C=O) groups is 1. The minimum Gasteiger partial charge on any atom is -0.506 e. The van der Waals surface area contributed by atoms with Crippen LogP contribution in [0.4, 0.5) is 0 Å². The molecule has 0 saturated heterocycles. The number of amides is 1. The van der Waals surface area contributed by atoms with E-state index < -0.39 is 0 Å². The van der Waals surface area contributed by atoms with Gasteiger partial charge < -0.3 is 10.1 Å². The lowest BCUT2D eigenvalue weighted by molar-refractivity contribution is -0.120. The number of nitrogens with zero attached hydrogens (tertiary/aromatic N) is 1. The number of nitrogens with one attached hydrogen (secondary N) is 2. The predicted molar refractivity (Wildman–Crippen MR) is 111 cm³/mol. The van der Waals surface area contributed by atoms with Gasteiger partial charge in [-0.25, -0.2) is 5.43 Å². The highest BCUT2D eigenvalue weighted by Gasteiger charge is 2.08. The number of para-hydroxylation sites is 1. The number of hydrogen-bond donors (Lipinski definition) is 3. The highest BCUT2D eigenvalue weighted by molar-refractivity contribution is 14.1. The van der Waals surface area contributed by atoms with E-state index in [1.54, 1.807) is 6.07 Å². The van der Waals surface area contributed by atoms with Gasteiger partial charge in [-0.3, -0.25) is 4.79 Å². The number of aromatic nitrogens is 1. The van der Waals surface area contributed by atoms with E-state index in [0.717, 1.165) is 23.6 Å². The molecule has 122 valence electrons. The van der Waals surface area contributed by atoms with E-state index >= 15 is 0 Å². The molecule has 5 nitrogen and oxygen atoms in total. The molecule has 1 heterocycles. The van der Waals surface area contributed by atoms with Gasteiger partial charge >= 0.3 is 0 Å². The second kappa shape index (κ2) is 7.51. The van der Waals surface area contributed by atoms with E-state index in [0.29, 0.717) is 5.56 Å². The molecule has 24 heavy (non-hydrogen) atoms. The van der Waals surface area contributed by atoms with Gasteiger partial charge in [-0.05, 0) is 68.9 Å². The number of phenolic OH excluding ortho intramolecular Hbond substituents is 1. The standard InChI is InChI=1S/C17H13I2N3O2/c18-12-5-11(17(24)14(19)7-12)9-21-22-16(23)6-10-8-20-15-4-2-1-3-13(10)15/h1-5,7-9,20,24H,6H2,(H,22,23). The molecular formula is C17H13I2N3O2. The van der Waals surface area contributed by atoms with Crippen LogP contribution in [0.5, 0.6) is 5.75 Å². The van der Waals surface area contributed by atoms with Gasteiger partial charge in [0.25, 0.3) is 0 Å². The van der Waals surface area contributed by atoms with Crippen molar-refractivity contribution in [2.45, 2.75) is 6.42 Å². The first kappa shape index (κ1) is 17.2. The van der Waals surface area contributed by atoms with Gasteiger partial charge in [0.15, 0.2) is 0 Å². The third kappa shape index (κ3) is 3.89. The summed E-state index contributed by atoms with van der Waals surface area (Å²) in [5, 5.41) is 15.0. The molecule has 2 aromatic carbocycles. The summed E-state index contributed by atoms with van der Waals surface area (Å²) in [6.07, 6.45) is 3.52. The molecule has 0 unspecified atom stereocenters. The minimum absolute atomic E-state index is 0.158. The van der Waals surface area contributed by atoms with Crippen LogP contribution in [-0.2, 0) is 11.2 Å². The first-order valence-electron chi connectivity index (χ1n) is 7.09. The lowest BCUT2D eigenvalue weighted by Gasteiger charge is -2.03. The van der Waals surface area contributed by atoms with Crippen molar-refractivity contribution in [2.24, 2.45) is 5.10 Å². The average Bonchev–Trinajstić information content (AvgIpc) is 2.95. The zero-order chi connectivity index (χ0) is 17.1. The molecule has 0 saturated carbocycles. The molecule has 0 bridgehead atoms. The molecule has 0 aliphatic heterocycles. The smallest absolute Gasteiger partial charge is 0.244 e. The van der Waals surface area contributed by atoms with Crippen molar-refractivity contribution in [1.29, 1.82) is 0 Å². The number of fused-ring (bicyclic) bond motifs is 1. The quantitative estimate of drug-likeness (QED) is 0.266. The molecule has 3 aromatic rings. The third-order valence-corrected chi connectivity index (χ3v) is 4.92. The average molecular weight is 545 g/mol. The molecule has 0 radical (unpaired) electrons. The highest BCUT2D eigenvalue weighted by atomic mass is 127. The van der Waals surface area contributed by atoms with E-state index in [2.05, 4.69) is 60.7 Å². The van der Waals surface area contributed by atoms with Gasteiger partial charge in [-0.2, -0.15) is 5.10 Å². The van der Waals surface area contributed by atoms with Gasteiger partial charge in [0.1, 0.15) is 5.75 Å². The topological polar surface area (TPSA) is 77.5 Å². The van der Waals surface area contributed by atoms with Crippen LogP contribution < -0.4 is 5.43 Å². The minimum atomic E-state index is -0.212. The van der Waals surface area contributed by atoms with Crippen LogP contribution in [0, 0.1) is 7.14 Å². The number of halogens is 2. The second-order valence-corrected chi connectivity index (χ2v) is 7.56. The van der Waals surface area contributed by atoms with Crippen molar-refractivity contribution in [3.05, 3.63) is 60.9 Å². The number of rotatable bonds is 4. The zero-order valence-corrected chi connectivity index (χ0v) is 16.7. The summed E-state index contributed by atoms with van der Waals surface area (Å²) in [5.74, 6) is -0.0542. The van der Waals surface area contributed by atoms with E-state index in [1.807, 2.05) is 36.5 Å². The van der Waals surface area contributed by atoms with Crippen LogP contribution in [-0.4, -0.2) is 22.2 Å². The highest BCUT2D eigenvalue weighted by Crippen LogP contribution is 2.25. The largest absolute Gasteiger partial charge is 0.506 e. The van der Waals surface area contributed by atoms with Crippen LogP contribution in [0.25, 0.3) is 10.9 Å². The number of H-pyrrole nitrogens is 1. The Hall–Kier alpha value is -1.62. The van der Waals surface area contributed by atoms with Crippen molar-refractivity contribution < 1.29 is 9.90 Å². The summed E-state index contributed by atoms with van der Waals surface area (Å²) in [5.41, 5.74) is 4.99. The Balaban J connectivity index is 1.68. The Kier molecular flexibility index (Phi) is 5.39. The van der Waals surface area contributed by atoms with Gasteiger partial charge in [-0.15, -0.1) is 0 Å². The molecule has 1 amide bonds. The fraction of sp³-hybridized carbons (Fsp3) is 0.0588. The molecule has 3 N–H and O–H groups in total. The predicted octanol–water partition coefficient (Wildman–Crippen LogP) is 3.78. The van der Waals surface area contributed by atoms with E-state index in [-0.39, 0.29) is 18.1 Å². The summed E-state index contributed by atoms with van der Waals surface area (Å²) < 4.78 is 1.73. The monoisotopic (exact) mass is 545 g/mol. The molecular weight excluding hydrogens is 532 g/mol. The number of hydrogen-bond acceptors (Lipinski definition) is 3. The van der Waals surface area contributed by atoms with E-state index in [1.165, 1.54) is 6.21 Å². The van der Waals surface area contributed by atoms with Crippen molar-refractivity contribution in [1.82, 2.24) is 10.4 Å². The molecule has 0 spiro atoms. The van der Waals surface area contributed by atoms with Crippen molar-refractivity contribution in [2.75, 3.05) is 0 Å². The number of aromatic amines is 1. The fourth-order valence-corrected chi connectivity index (χ4v) is 4.24. The maximum Gasteiger partial charge on any atom is 0.244 e. The Bertz CT molecular complexity index is 935. The number of aromatic hydroxyl groups is 1. The summed E-state index contributed by atoms with van der Waals surface area (Å²) in [6, 6.07) is 11.5. The summed E-state index contributed by atoms with van der Waals surface area (Å²) in [4.78, 5) is 15.2. The first-order chi connectivity index (χ1) is 11.5. The molecule has 1 aromatic heterocycles. The second-order valence-electron chi connectivity index (χ2n) is 5.15. The molecule has 0 fully saturated rings. The number of carbonyl (C=O) groups excluding carboxylic acids is 1. The Labute approximate surface area is 165 Å².